The average Bonchev–Trinajstić information content (AvgIpc) is 2.38. The van der Waals surface area contributed by atoms with E-state index in [0.29, 0.717) is 13.0 Å². The van der Waals surface area contributed by atoms with E-state index in [0.717, 1.165) is 19.3 Å². The molecule has 0 amide bonds. The van der Waals surface area contributed by atoms with E-state index in [9.17, 15) is 9.90 Å². The Bertz CT molecular complexity index is 258. The van der Waals surface area contributed by atoms with Crippen molar-refractivity contribution >= 4 is 13.2 Å². The summed E-state index contributed by atoms with van der Waals surface area (Å²) in [4.78, 5) is 10.1. The first-order valence-corrected chi connectivity index (χ1v) is 11.0. The Morgan fingerprint density at radius 1 is 1.10 bits per heavy atom. The topological polar surface area (TPSA) is 110 Å². The first-order valence-electron chi connectivity index (χ1n) is 7.84. The fraction of sp³-hybridized carbons (Fsp3) is 0.933. The van der Waals surface area contributed by atoms with E-state index >= 15 is 0 Å². The highest BCUT2D eigenvalue weighted by atomic mass is 31.2. The molecule has 128 valence electrons. The van der Waals surface area contributed by atoms with Crippen molar-refractivity contribution in [2.75, 3.05) is 26.5 Å². The van der Waals surface area contributed by atoms with Crippen LogP contribution in [-0.2, 0) is 4.79 Å². The Kier molecular flexibility index (Phi) is 14.8. The van der Waals surface area contributed by atoms with Crippen LogP contribution in [0.5, 0.6) is 0 Å². The zero-order chi connectivity index (χ0) is 16.9. The summed E-state index contributed by atoms with van der Waals surface area (Å²) in [6.45, 7) is 9.39. The van der Waals surface area contributed by atoms with Crippen LogP contribution in [0, 0.1) is 0 Å². The lowest BCUT2D eigenvalue weighted by Crippen LogP contribution is -2.29. The maximum Gasteiger partial charge on any atom is 0.320 e. The van der Waals surface area contributed by atoms with Gasteiger partial charge in [-0.3, -0.25) is 4.79 Å². The summed E-state index contributed by atoms with van der Waals surface area (Å²) in [5.41, 5.74) is 10.4. The average molecular weight is 323 g/mol. The number of hydrogen-bond acceptors (Lipinski definition) is 4. The Labute approximate surface area is 130 Å². The van der Waals surface area contributed by atoms with Crippen molar-refractivity contribution in [2.24, 2.45) is 11.5 Å². The molecule has 0 aromatic heterocycles. The van der Waals surface area contributed by atoms with Gasteiger partial charge in [-0.1, -0.05) is 26.2 Å². The van der Waals surface area contributed by atoms with Crippen LogP contribution >= 0.6 is 7.26 Å². The fourth-order valence-corrected chi connectivity index (χ4v) is 2.55. The van der Waals surface area contributed by atoms with Gasteiger partial charge in [-0.05, 0) is 25.8 Å². The zero-order valence-electron chi connectivity index (χ0n) is 14.2. The van der Waals surface area contributed by atoms with Crippen LogP contribution < -0.4 is 11.5 Å². The monoisotopic (exact) mass is 323 g/mol. The molecule has 21 heavy (non-hydrogen) atoms. The number of carbonyl (C=O) groups is 1. The van der Waals surface area contributed by atoms with Gasteiger partial charge in [-0.25, -0.2) is 0 Å². The predicted molar refractivity (Wildman–Crippen MR) is 93.4 cm³/mol. The van der Waals surface area contributed by atoms with Crippen molar-refractivity contribution in [1.29, 1.82) is 0 Å². The Hall–Kier alpha value is -0.220. The highest BCUT2D eigenvalue weighted by molar-refractivity contribution is 7.74. The summed E-state index contributed by atoms with van der Waals surface area (Å²) >= 11 is 0. The summed E-state index contributed by atoms with van der Waals surface area (Å²) in [7, 11) is -0.991. The van der Waals surface area contributed by atoms with Gasteiger partial charge in [0.15, 0.2) is 5.85 Å². The summed E-state index contributed by atoms with van der Waals surface area (Å²) in [5.74, 6) is -0.953. The number of hydrogen-bond donors (Lipinski definition) is 4. The van der Waals surface area contributed by atoms with Crippen molar-refractivity contribution < 1.29 is 15.0 Å². The quantitative estimate of drug-likeness (QED) is 0.364. The van der Waals surface area contributed by atoms with Crippen molar-refractivity contribution in [1.82, 2.24) is 0 Å². The van der Waals surface area contributed by atoms with Gasteiger partial charge in [0.05, 0.1) is 20.0 Å². The molecule has 6 N–H and O–H groups in total. The number of aliphatic hydroxyl groups excluding tert-OH is 1. The molecular formula is C15H36N2O3P+. The van der Waals surface area contributed by atoms with E-state index in [1.807, 2.05) is 0 Å². The van der Waals surface area contributed by atoms with Crippen LogP contribution in [0.15, 0.2) is 0 Å². The van der Waals surface area contributed by atoms with Gasteiger partial charge in [0.2, 0.25) is 0 Å². The van der Waals surface area contributed by atoms with Crippen LogP contribution in [0.1, 0.15) is 51.9 Å². The second-order valence-corrected chi connectivity index (χ2v) is 11.2. The standard InChI is InChI=1S/C9H22OP.C6H14N2O2/c1-5-6-7-8-9(10)11(2,3)4;7-4-2-1-3-5(8)6(9)10/h9-10H,5-8H2,1-4H3;5H,1-4,7-8H2,(H,9,10)/q+1;. The molecule has 0 aliphatic rings. The number of aliphatic carboxylic acids is 1. The van der Waals surface area contributed by atoms with Gasteiger partial charge in [-0.2, -0.15) is 0 Å². The molecule has 0 aromatic rings. The Balaban J connectivity index is 0. The second kappa shape index (κ2) is 13.4. The summed E-state index contributed by atoms with van der Waals surface area (Å²) in [5, 5.41) is 18.0. The molecule has 0 aliphatic carbocycles. The number of aliphatic hydroxyl groups is 1. The number of carboxylic acid groups (broad SMARTS) is 1. The van der Waals surface area contributed by atoms with E-state index in [-0.39, 0.29) is 5.85 Å². The van der Waals surface area contributed by atoms with E-state index < -0.39 is 19.3 Å². The van der Waals surface area contributed by atoms with Gasteiger partial charge >= 0.3 is 5.97 Å². The Morgan fingerprint density at radius 2 is 1.62 bits per heavy atom. The smallest absolute Gasteiger partial charge is 0.320 e. The number of rotatable bonds is 10. The number of carboxylic acids is 1. The largest absolute Gasteiger partial charge is 0.480 e. The highest BCUT2D eigenvalue weighted by Gasteiger charge is 2.27. The molecule has 0 fully saturated rings. The third-order valence-corrected chi connectivity index (χ3v) is 5.29. The van der Waals surface area contributed by atoms with E-state index in [1.54, 1.807) is 0 Å². The molecule has 0 saturated heterocycles. The molecule has 0 spiro atoms. The van der Waals surface area contributed by atoms with Crippen LogP contribution in [0.3, 0.4) is 0 Å². The maximum absolute atomic E-state index is 10.1. The van der Waals surface area contributed by atoms with Gasteiger partial charge in [-0.15, -0.1) is 0 Å². The number of nitrogens with two attached hydrogens (primary N) is 2. The minimum absolute atomic E-state index is 0.0194. The lowest BCUT2D eigenvalue weighted by atomic mass is 10.1. The molecule has 2 unspecified atom stereocenters. The summed E-state index contributed by atoms with van der Waals surface area (Å²) < 4.78 is 0. The van der Waals surface area contributed by atoms with Crippen LogP contribution in [-0.4, -0.2) is 54.6 Å². The molecule has 2 atom stereocenters. The molecule has 5 nitrogen and oxygen atoms in total. The SMILES string of the molecule is CCCCCC(O)[P+](C)(C)C.NCCCCC(N)C(=O)O. The van der Waals surface area contributed by atoms with Crippen LogP contribution in [0.4, 0.5) is 0 Å². The van der Waals surface area contributed by atoms with Gasteiger partial charge in [0.1, 0.15) is 6.04 Å². The summed E-state index contributed by atoms with van der Waals surface area (Å²) in [6.07, 6.45) is 6.86. The van der Waals surface area contributed by atoms with E-state index in [4.69, 9.17) is 16.6 Å². The van der Waals surface area contributed by atoms with Gasteiger partial charge in [0.25, 0.3) is 0 Å². The molecule has 6 heteroatoms. The zero-order valence-corrected chi connectivity index (χ0v) is 15.1. The number of unbranched alkanes of at least 4 members (excludes halogenated alkanes) is 3. The molecule has 0 aromatic carbocycles. The lowest BCUT2D eigenvalue weighted by Gasteiger charge is -2.18. The molecule has 0 heterocycles. The lowest BCUT2D eigenvalue weighted by molar-refractivity contribution is -0.138. The predicted octanol–water partition coefficient (Wildman–Crippen LogP) is 2.32. The van der Waals surface area contributed by atoms with Crippen molar-refractivity contribution in [3.63, 3.8) is 0 Å². The minimum Gasteiger partial charge on any atom is -0.480 e. The van der Waals surface area contributed by atoms with Crippen molar-refractivity contribution in [3.8, 4) is 0 Å². The van der Waals surface area contributed by atoms with Crippen molar-refractivity contribution in [2.45, 2.75) is 63.8 Å². The second-order valence-electron chi connectivity index (χ2n) is 6.32. The van der Waals surface area contributed by atoms with Crippen LogP contribution in [0.2, 0.25) is 0 Å². The molecule has 0 saturated carbocycles. The molecule has 0 radical (unpaired) electrons. The van der Waals surface area contributed by atoms with Crippen molar-refractivity contribution in [3.05, 3.63) is 0 Å². The van der Waals surface area contributed by atoms with Crippen LogP contribution in [0.25, 0.3) is 0 Å². The van der Waals surface area contributed by atoms with E-state index in [1.165, 1.54) is 19.3 Å². The molecule has 0 aliphatic heterocycles. The van der Waals surface area contributed by atoms with Gasteiger partial charge < -0.3 is 21.7 Å². The third-order valence-electron chi connectivity index (χ3n) is 3.25. The highest BCUT2D eigenvalue weighted by Crippen LogP contribution is 2.52. The molecule has 0 bridgehead atoms. The minimum atomic E-state index is -0.991. The first-order chi connectivity index (χ1) is 9.66. The molecule has 0 rings (SSSR count). The fourth-order valence-electron chi connectivity index (χ4n) is 1.60. The Morgan fingerprint density at radius 3 is 2.00 bits per heavy atom. The first kappa shape index (κ1) is 23.1. The summed E-state index contributed by atoms with van der Waals surface area (Å²) in [6, 6.07) is -0.716. The molecular weight excluding hydrogens is 287 g/mol. The maximum atomic E-state index is 10.1. The third kappa shape index (κ3) is 16.0. The normalized spacial score (nSPS) is 14.0. The van der Waals surface area contributed by atoms with Gasteiger partial charge in [0, 0.05) is 13.7 Å². The van der Waals surface area contributed by atoms with E-state index in [2.05, 4.69) is 26.9 Å².